The first-order chi connectivity index (χ1) is 4.57. The second-order valence-electron chi connectivity index (χ2n) is 2.21. The minimum absolute atomic E-state index is 0.252. The Morgan fingerprint density at radius 3 is 2.60 bits per heavy atom. The lowest BCUT2D eigenvalue weighted by atomic mass is 10.1. The molecule has 0 aliphatic heterocycles. The van der Waals surface area contributed by atoms with Gasteiger partial charge in [-0.3, -0.25) is 0 Å². The van der Waals surface area contributed by atoms with E-state index in [0.29, 0.717) is 5.92 Å². The number of halogens is 1. The first kappa shape index (κ1) is 9.69. The first-order valence-corrected chi connectivity index (χ1v) is 3.97. The molecule has 1 N–H and O–H groups in total. The number of hydrogen-bond acceptors (Lipinski definition) is 1. The number of carbonyl (C=O) groups is 1. The predicted molar refractivity (Wildman–Crippen MR) is 44.1 cm³/mol. The van der Waals surface area contributed by atoms with Crippen molar-refractivity contribution in [1.82, 2.24) is 0 Å². The second kappa shape index (κ2) is 4.50. The first-order valence-electron chi connectivity index (χ1n) is 3.18. The fraction of sp³-hybridized carbons (Fsp3) is 0.571. The maximum atomic E-state index is 10.2. The lowest BCUT2D eigenvalue weighted by Gasteiger charge is -1.99. The highest BCUT2D eigenvalue weighted by Gasteiger charge is 2.03. The summed E-state index contributed by atoms with van der Waals surface area (Å²) in [6, 6.07) is 0. The van der Waals surface area contributed by atoms with Crippen LogP contribution in [-0.4, -0.2) is 11.1 Å². The van der Waals surface area contributed by atoms with Crippen molar-refractivity contribution >= 4 is 21.9 Å². The van der Waals surface area contributed by atoms with Crippen molar-refractivity contribution in [3.05, 3.63) is 10.6 Å². The van der Waals surface area contributed by atoms with Crippen LogP contribution in [0.3, 0.4) is 0 Å². The van der Waals surface area contributed by atoms with Gasteiger partial charge >= 0.3 is 5.97 Å². The van der Waals surface area contributed by atoms with E-state index < -0.39 is 5.97 Å². The molecule has 2 nitrogen and oxygen atoms in total. The van der Waals surface area contributed by atoms with Crippen molar-refractivity contribution in [3.63, 3.8) is 0 Å². The van der Waals surface area contributed by atoms with Gasteiger partial charge in [-0.25, -0.2) is 4.79 Å². The summed E-state index contributed by atoms with van der Waals surface area (Å²) in [4.78, 5) is 10.2. The van der Waals surface area contributed by atoms with E-state index in [2.05, 4.69) is 15.9 Å². The molecule has 58 valence electrons. The summed E-state index contributed by atoms with van der Waals surface area (Å²) in [6.45, 7) is 3.99. The van der Waals surface area contributed by atoms with E-state index in [1.54, 1.807) is 6.08 Å². The molecule has 0 radical (unpaired) electrons. The average Bonchev–Trinajstić information content (AvgIpc) is 1.87. The molecule has 0 aliphatic carbocycles. The molecule has 0 aliphatic rings. The van der Waals surface area contributed by atoms with Gasteiger partial charge in [0.1, 0.15) is 0 Å². The van der Waals surface area contributed by atoms with Crippen LogP contribution in [0.4, 0.5) is 0 Å². The van der Waals surface area contributed by atoms with Gasteiger partial charge in [0.2, 0.25) is 0 Å². The van der Waals surface area contributed by atoms with Gasteiger partial charge in [0.05, 0.1) is 4.48 Å². The van der Waals surface area contributed by atoms with Crippen LogP contribution in [0.2, 0.25) is 0 Å². The van der Waals surface area contributed by atoms with Crippen molar-refractivity contribution in [3.8, 4) is 0 Å². The topological polar surface area (TPSA) is 37.3 Å². The predicted octanol–water partition coefficient (Wildman–Crippen LogP) is 2.40. The summed E-state index contributed by atoms with van der Waals surface area (Å²) in [5.41, 5.74) is 0. The van der Waals surface area contributed by atoms with Crippen molar-refractivity contribution in [2.75, 3.05) is 0 Å². The van der Waals surface area contributed by atoms with Gasteiger partial charge in [0.15, 0.2) is 0 Å². The number of rotatable bonds is 3. The highest BCUT2D eigenvalue weighted by atomic mass is 79.9. The Bertz CT molecular complexity index is 152. The van der Waals surface area contributed by atoms with Crippen molar-refractivity contribution < 1.29 is 9.90 Å². The summed E-state index contributed by atoms with van der Waals surface area (Å²) in [6.07, 6.45) is 2.66. The molecule has 0 aromatic carbocycles. The molecule has 1 atom stereocenters. The van der Waals surface area contributed by atoms with Crippen molar-refractivity contribution in [2.45, 2.75) is 20.3 Å². The van der Waals surface area contributed by atoms with E-state index in [4.69, 9.17) is 5.11 Å². The fourth-order valence-corrected chi connectivity index (χ4v) is 0.890. The molecular formula is C7H11BrO2. The quantitative estimate of drug-likeness (QED) is 0.721. The Kier molecular flexibility index (Phi) is 4.36. The summed E-state index contributed by atoms with van der Waals surface area (Å²) >= 11 is 2.95. The minimum atomic E-state index is -0.903. The van der Waals surface area contributed by atoms with Gasteiger partial charge in [-0.15, -0.1) is 0 Å². The minimum Gasteiger partial charge on any atom is -0.477 e. The number of carboxylic acids is 1. The molecule has 0 aromatic heterocycles. The standard InChI is InChI=1S/C7H11BrO2/c1-3-5(2)4-6(8)7(9)10/h4-5H,3H2,1-2H3,(H,9,10). The lowest BCUT2D eigenvalue weighted by molar-refractivity contribution is -0.131. The molecule has 0 fully saturated rings. The molecule has 10 heavy (non-hydrogen) atoms. The van der Waals surface area contributed by atoms with E-state index in [0.717, 1.165) is 6.42 Å². The zero-order valence-corrected chi connectivity index (χ0v) is 7.68. The number of hydrogen-bond donors (Lipinski definition) is 1. The number of allylic oxidation sites excluding steroid dienone is 1. The van der Waals surface area contributed by atoms with Crippen LogP contribution in [0.1, 0.15) is 20.3 Å². The van der Waals surface area contributed by atoms with Crippen molar-refractivity contribution in [1.29, 1.82) is 0 Å². The maximum absolute atomic E-state index is 10.2. The van der Waals surface area contributed by atoms with Crippen LogP contribution in [-0.2, 0) is 4.79 Å². The molecule has 0 rings (SSSR count). The second-order valence-corrected chi connectivity index (χ2v) is 3.06. The Morgan fingerprint density at radius 1 is 1.80 bits per heavy atom. The third-order valence-electron chi connectivity index (χ3n) is 1.28. The van der Waals surface area contributed by atoms with E-state index in [9.17, 15) is 4.79 Å². The molecule has 0 heterocycles. The molecule has 0 aromatic rings. The van der Waals surface area contributed by atoms with E-state index in [1.165, 1.54) is 0 Å². The molecule has 0 saturated carbocycles. The number of aliphatic carboxylic acids is 1. The third-order valence-corrected chi connectivity index (χ3v) is 1.88. The monoisotopic (exact) mass is 206 g/mol. The Labute approximate surface area is 69.1 Å². The van der Waals surface area contributed by atoms with Gasteiger partial charge in [-0.05, 0) is 21.8 Å². The van der Waals surface area contributed by atoms with Gasteiger partial charge in [0.25, 0.3) is 0 Å². The summed E-state index contributed by atoms with van der Waals surface area (Å²) in [7, 11) is 0. The third kappa shape index (κ3) is 3.67. The zero-order valence-electron chi connectivity index (χ0n) is 6.10. The van der Waals surface area contributed by atoms with Crippen LogP contribution in [0.15, 0.2) is 10.6 Å². The van der Waals surface area contributed by atoms with E-state index in [1.807, 2.05) is 13.8 Å². The average molecular weight is 207 g/mol. The summed E-state index contributed by atoms with van der Waals surface area (Å²) < 4.78 is 0.252. The Hall–Kier alpha value is -0.310. The SMILES string of the molecule is CCC(C)C=C(Br)C(=O)O. The van der Waals surface area contributed by atoms with Crippen LogP contribution in [0, 0.1) is 5.92 Å². The van der Waals surface area contributed by atoms with Gasteiger partial charge in [-0.2, -0.15) is 0 Å². The lowest BCUT2D eigenvalue weighted by Crippen LogP contribution is -1.96. The largest absolute Gasteiger partial charge is 0.477 e. The molecule has 0 amide bonds. The highest BCUT2D eigenvalue weighted by molar-refractivity contribution is 9.12. The molecule has 0 saturated heterocycles. The van der Waals surface area contributed by atoms with Gasteiger partial charge in [-0.1, -0.05) is 26.3 Å². The molecule has 3 heteroatoms. The zero-order chi connectivity index (χ0) is 8.15. The maximum Gasteiger partial charge on any atom is 0.342 e. The number of carboxylic acid groups (broad SMARTS) is 1. The van der Waals surface area contributed by atoms with E-state index >= 15 is 0 Å². The van der Waals surface area contributed by atoms with E-state index in [-0.39, 0.29) is 4.48 Å². The molecule has 1 unspecified atom stereocenters. The van der Waals surface area contributed by atoms with Crippen LogP contribution in [0.25, 0.3) is 0 Å². The molecule has 0 bridgehead atoms. The van der Waals surface area contributed by atoms with Gasteiger partial charge < -0.3 is 5.11 Å². The van der Waals surface area contributed by atoms with Crippen LogP contribution in [0.5, 0.6) is 0 Å². The fourth-order valence-electron chi connectivity index (χ4n) is 0.439. The smallest absolute Gasteiger partial charge is 0.342 e. The summed E-state index contributed by atoms with van der Waals surface area (Å²) in [5.74, 6) is -0.578. The summed E-state index contributed by atoms with van der Waals surface area (Å²) in [5, 5.41) is 8.41. The normalized spacial score (nSPS) is 14.9. The van der Waals surface area contributed by atoms with Gasteiger partial charge in [0, 0.05) is 0 Å². The Morgan fingerprint density at radius 2 is 2.30 bits per heavy atom. The van der Waals surface area contributed by atoms with Crippen molar-refractivity contribution in [2.24, 2.45) is 5.92 Å². The highest BCUT2D eigenvalue weighted by Crippen LogP contribution is 2.11. The van der Waals surface area contributed by atoms with Crippen LogP contribution >= 0.6 is 15.9 Å². The Balaban J connectivity index is 4.02. The van der Waals surface area contributed by atoms with Crippen LogP contribution < -0.4 is 0 Å². The molecular weight excluding hydrogens is 196 g/mol. The molecule has 0 spiro atoms.